The van der Waals surface area contributed by atoms with E-state index in [0.29, 0.717) is 0 Å². The van der Waals surface area contributed by atoms with Crippen molar-refractivity contribution in [2.24, 2.45) is 11.8 Å². The van der Waals surface area contributed by atoms with Crippen LogP contribution in [0.3, 0.4) is 0 Å². The van der Waals surface area contributed by atoms with Gasteiger partial charge in [0.25, 0.3) is 0 Å². The van der Waals surface area contributed by atoms with Crippen molar-refractivity contribution < 1.29 is 5.11 Å². The predicted molar refractivity (Wildman–Crippen MR) is 79.3 cm³/mol. The molecule has 3 rings (SSSR count). The van der Waals surface area contributed by atoms with E-state index in [-0.39, 0.29) is 0 Å². The quantitative estimate of drug-likeness (QED) is 0.862. The van der Waals surface area contributed by atoms with Gasteiger partial charge >= 0.3 is 0 Å². The molecule has 0 spiro atoms. The van der Waals surface area contributed by atoms with Crippen molar-refractivity contribution in [2.75, 3.05) is 0 Å². The van der Waals surface area contributed by atoms with Crippen LogP contribution in [0.5, 0.6) is 0 Å². The van der Waals surface area contributed by atoms with Gasteiger partial charge in [-0.1, -0.05) is 30.2 Å². The van der Waals surface area contributed by atoms with Crippen LogP contribution >= 0.6 is 0 Å². The summed E-state index contributed by atoms with van der Waals surface area (Å²) in [5.41, 5.74) is 3.54. The summed E-state index contributed by atoms with van der Waals surface area (Å²) < 4.78 is 0. The molecule has 2 atom stereocenters. The molecule has 1 aromatic rings. The second-order valence-electron chi connectivity index (χ2n) is 7.02. The molecule has 2 unspecified atom stereocenters. The molecule has 1 nitrogen and oxygen atoms in total. The smallest absolute Gasteiger partial charge is 0.0690 e. The van der Waals surface area contributed by atoms with Crippen molar-refractivity contribution in [1.82, 2.24) is 0 Å². The Morgan fingerprint density at radius 2 is 1.95 bits per heavy atom. The molecule has 1 heteroatoms. The molecule has 0 radical (unpaired) electrons. The van der Waals surface area contributed by atoms with Gasteiger partial charge in [0, 0.05) is 6.42 Å². The fraction of sp³-hybridized carbons (Fsp3) is 0.667. The lowest BCUT2D eigenvalue weighted by atomic mass is 9.73. The minimum absolute atomic E-state index is 0.440. The van der Waals surface area contributed by atoms with Gasteiger partial charge in [-0.15, -0.1) is 0 Å². The lowest BCUT2D eigenvalue weighted by molar-refractivity contribution is -0.0196. The highest BCUT2D eigenvalue weighted by atomic mass is 16.3. The highest BCUT2D eigenvalue weighted by Crippen LogP contribution is 2.47. The van der Waals surface area contributed by atoms with Gasteiger partial charge in [0.05, 0.1) is 5.60 Å². The van der Waals surface area contributed by atoms with E-state index < -0.39 is 5.60 Å². The third kappa shape index (κ3) is 3.02. The van der Waals surface area contributed by atoms with E-state index in [4.69, 9.17) is 0 Å². The van der Waals surface area contributed by atoms with Crippen molar-refractivity contribution in [3.63, 3.8) is 0 Å². The SMILES string of the molecule is Cc1ccc(C)c(CC2(O)CCCC(C3CC3)C2)c1. The monoisotopic (exact) mass is 258 g/mol. The van der Waals surface area contributed by atoms with E-state index in [2.05, 4.69) is 32.0 Å². The number of rotatable bonds is 3. The van der Waals surface area contributed by atoms with Gasteiger partial charge in [-0.3, -0.25) is 0 Å². The van der Waals surface area contributed by atoms with E-state index in [1.807, 2.05) is 0 Å². The molecule has 2 aliphatic carbocycles. The minimum Gasteiger partial charge on any atom is -0.390 e. The molecule has 19 heavy (non-hydrogen) atoms. The molecule has 0 bridgehead atoms. The van der Waals surface area contributed by atoms with Crippen molar-refractivity contribution in [2.45, 2.75) is 64.4 Å². The van der Waals surface area contributed by atoms with Gasteiger partial charge in [-0.25, -0.2) is 0 Å². The van der Waals surface area contributed by atoms with E-state index in [1.54, 1.807) is 0 Å². The molecule has 1 aromatic carbocycles. The first kappa shape index (κ1) is 13.2. The number of benzene rings is 1. The second kappa shape index (κ2) is 4.94. The lowest BCUT2D eigenvalue weighted by Gasteiger charge is -2.37. The third-order valence-electron chi connectivity index (χ3n) is 5.17. The fourth-order valence-electron chi connectivity index (χ4n) is 3.86. The molecule has 0 aliphatic heterocycles. The first-order chi connectivity index (χ1) is 9.06. The predicted octanol–water partition coefficient (Wildman–Crippen LogP) is 4.18. The summed E-state index contributed by atoms with van der Waals surface area (Å²) in [5.74, 6) is 1.73. The van der Waals surface area contributed by atoms with Crippen LogP contribution in [0.2, 0.25) is 0 Å². The van der Waals surface area contributed by atoms with Crippen LogP contribution in [-0.2, 0) is 6.42 Å². The van der Waals surface area contributed by atoms with Gasteiger partial charge in [0.2, 0.25) is 0 Å². The second-order valence-corrected chi connectivity index (χ2v) is 7.02. The molecular formula is C18H26O. The number of aryl methyl sites for hydroxylation is 2. The Balaban J connectivity index is 1.74. The summed E-state index contributed by atoms with van der Waals surface area (Å²) >= 11 is 0. The zero-order valence-electron chi connectivity index (χ0n) is 12.3. The maximum absolute atomic E-state index is 11.0. The van der Waals surface area contributed by atoms with Crippen molar-refractivity contribution in [3.8, 4) is 0 Å². The summed E-state index contributed by atoms with van der Waals surface area (Å²) in [4.78, 5) is 0. The van der Waals surface area contributed by atoms with Crippen molar-refractivity contribution in [3.05, 3.63) is 34.9 Å². The zero-order valence-corrected chi connectivity index (χ0v) is 12.3. The van der Waals surface area contributed by atoms with Gasteiger partial charge < -0.3 is 5.11 Å². The summed E-state index contributed by atoms with van der Waals surface area (Å²) in [7, 11) is 0. The van der Waals surface area contributed by atoms with Crippen LogP contribution in [0, 0.1) is 25.7 Å². The summed E-state index contributed by atoms with van der Waals surface area (Å²) in [6.45, 7) is 4.31. The first-order valence-electron chi connectivity index (χ1n) is 7.84. The van der Waals surface area contributed by atoms with Crippen molar-refractivity contribution >= 4 is 0 Å². The highest BCUT2D eigenvalue weighted by molar-refractivity contribution is 5.31. The molecule has 0 saturated heterocycles. The molecule has 2 fully saturated rings. The molecule has 104 valence electrons. The standard InChI is InChI=1S/C18H26O/c1-13-5-6-14(2)17(10-13)12-18(19)9-3-4-16(11-18)15-7-8-15/h5-6,10,15-16,19H,3-4,7-9,11-12H2,1-2H3. The first-order valence-corrected chi connectivity index (χ1v) is 7.84. The summed E-state index contributed by atoms with van der Waals surface area (Å²) in [6, 6.07) is 6.61. The largest absolute Gasteiger partial charge is 0.390 e. The summed E-state index contributed by atoms with van der Waals surface area (Å²) in [5, 5.41) is 11.0. The van der Waals surface area contributed by atoms with Gasteiger partial charge in [-0.2, -0.15) is 0 Å². The lowest BCUT2D eigenvalue weighted by Crippen LogP contribution is -2.38. The molecule has 1 N–H and O–H groups in total. The molecule has 0 aromatic heterocycles. The van der Waals surface area contributed by atoms with Gasteiger partial charge in [-0.05, 0) is 68.9 Å². The zero-order chi connectivity index (χ0) is 13.5. The average molecular weight is 258 g/mol. The Labute approximate surface area is 117 Å². The average Bonchev–Trinajstić information content (AvgIpc) is 3.18. The van der Waals surface area contributed by atoms with E-state index in [0.717, 1.165) is 31.1 Å². The number of hydrogen-bond donors (Lipinski definition) is 1. The molecule has 0 amide bonds. The number of aliphatic hydroxyl groups is 1. The normalized spacial score (nSPS) is 31.4. The fourth-order valence-corrected chi connectivity index (χ4v) is 3.86. The Kier molecular flexibility index (Phi) is 3.42. The van der Waals surface area contributed by atoms with E-state index in [1.165, 1.54) is 42.4 Å². The van der Waals surface area contributed by atoms with Crippen LogP contribution in [-0.4, -0.2) is 10.7 Å². The Morgan fingerprint density at radius 1 is 1.16 bits per heavy atom. The Morgan fingerprint density at radius 3 is 2.68 bits per heavy atom. The maximum atomic E-state index is 11.0. The van der Waals surface area contributed by atoms with E-state index >= 15 is 0 Å². The Bertz CT molecular complexity index is 461. The molecule has 2 aliphatic rings. The summed E-state index contributed by atoms with van der Waals surface area (Å²) in [6.07, 6.45) is 8.25. The van der Waals surface area contributed by atoms with Gasteiger partial charge in [0.15, 0.2) is 0 Å². The van der Waals surface area contributed by atoms with Crippen LogP contribution in [0.15, 0.2) is 18.2 Å². The van der Waals surface area contributed by atoms with Crippen molar-refractivity contribution in [1.29, 1.82) is 0 Å². The topological polar surface area (TPSA) is 20.2 Å². The van der Waals surface area contributed by atoms with Crippen LogP contribution in [0.4, 0.5) is 0 Å². The van der Waals surface area contributed by atoms with Crippen LogP contribution < -0.4 is 0 Å². The van der Waals surface area contributed by atoms with Gasteiger partial charge in [0.1, 0.15) is 0 Å². The number of hydrogen-bond acceptors (Lipinski definition) is 1. The minimum atomic E-state index is -0.440. The highest BCUT2D eigenvalue weighted by Gasteiger charge is 2.41. The molecule has 0 heterocycles. The molecular weight excluding hydrogens is 232 g/mol. The van der Waals surface area contributed by atoms with Crippen LogP contribution in [0.1, 0.15) is 55.2 Å². The van der Waals surface area contributed by atoms with E-state index in [9.17, 15) is 5.11 Å². The third-order valence-corrected chi connectivity index (χ3v) is 5.17. The maximum Gasteiger partial charge on any atom is 0.0690 e. The van der Waals surface area contributed by atoms with Crippen LogP contribution in [0.25, 0.3) is 0 Å². The molecule has 2 saturated carbocycles. The Hall–Kier alpha value is -0.820.